The van der Waals surface area contributed by atoms with Crippen molar-refractivity contribution in [3.8, 4) is 0 Å². The molecule has 2 aromatic rings. The number of halogens is 3. The summed E-state index contributed by atoms with van der Waals surface area (Å²) < 4.78 is 41.4. The highest BCUT2D eigenvalue weighted by molar-refractivity contribution is 5.35. The average molecular weight is 293 g/mol. The lowest BCUT2D eigenvalue weighted by atomic mass is 9.96. The molecular formula is C17H18F3N. The zero-order valence-electron chi connectivity index (χ0n) is 12.1. The van der Waals surface area contributed by atoms with Crippen LogP contribution in [0.2, 0.25) is 0 Å². The van der Waals surface area contributed by atoms with E-state index in [4.69, 9.17) is 0 Å². The van der Waals surface area contributed by atoms with Crippen molar-refractivity contribution in [1.29, 1.82) is 0 Å². The van der Waals surface area contributed by atoms with Gasteiger partial charge in [0.2, 0.25) is 0 Å². The van der Waals surface area contributed by atoms with E-state index in [-0.39, 0.29) is 11.1 Å². The van der Waals surface area contributed by atoms with E-state index in [1.165, 1.54) is 31.2 Å². The number of aryl methyl sites for hydroxylation is 1. The maximum absolute atomic E-state index is 14.2. The van der Waals surface area contributed by atoms with Crippen molar-refractivity contribution in [1.82, 2.24) is 5.32 Å². The molecule has 0 saturated carbocycles. The minimum absolute atomic E-state index is 0.192. The smallest absolute Gasteiger partial charge is 0.128 e. The number of hydrogen-bond acceptors (Lipinski definition) is 1. The summed E-state index contributed by atoms with van der Waals surface area (Å²) in [6.07, 6.45) is 0.835. The maximum Gasteiger partial charge on any atom is 0.128 e. The molecule has 1 unspecified atom stereocenters. The summed E-state index contributed by atoms with van der Waals surface area (Å²) in [6.45, 7) is 4.11. The van der Waals surface area contributed by atoms with Crippen LogP contribution in [0.15, 0.2) is 36.4 Å². The fraction of sp³-hybridized carbons (Fsp3) is 0.294. The molecule has 2 rings (SSSR count). The van der Waals surface area contributed by atoms with E-state index >= 15 is 0 Å². The first-order valence-electron chi connectivity index (χ1n) is 6.97. The van der Waals surface area contributed by atoms with Crippen LogP contribution >= 0.6 is 0 Å². The molecule has 0 saturated heterocycles. The van der Waals surface area contributed by atoms with E-state index < -0.39 is 23.5 Å². The lowest BCUT2D eigenvalue weighted by Gasteiger charge is -2.21. The topological polar surface area (TPSA) is 12.0 Å². The van der Waals surface area contributed by atoms with Gasteiger partial charge in [-0.05, 0) is 55.3 Å². The highest BCUT2D eigenvalue weighted by atomic mass is 19.1. The monoisotopic (exact) mass is 293 g/mol. The van der Waals surface area contributed by atoms with Gasteiger partial charge in [0, 0.05) is 5.56 Å². The van der Waals surface area contributed by atoms with Crippen LogP contribution < -0.4 is 5.32 Å². The van der Waals surface area contributed by atoms with Gasteiger partial charge >= 0.3 is 0 Å². The summed E-state index contributed by atoms with van der Waals surface area (Å²) in [5, 5.41) is 3.14. The predicted molar refractivity (Wildman–Crippen MR) is 77.6 cm³/mol. The van der Waals surface area contributed by atoms with Crippen LogP contribution in [0.1, 0.15) is 36.1 Å². The van der Waals surface area contributed by atoms with E-state index in [9.17, 15) is 13.2 Å². The summed E-state index contributed by atoms with van der Waals surface area (Å²) in [5.74, 6) is -1.36. The molecule has 1 N–H and O–H groups in total. The highest BCUT2D eigenvalue weighted by Gasteiger charge is 2.19. The molecule has 0 aliphatic heterocycles. The van der Waals surface area contributed by atoms with E-state index in [1.54, 1.807) is 12.1 Å². The molecule has 112 valence electrons. The fourth-order valence-electron chi connectivity index (χ4n) is 2.27. The molecule has 4 heteroatoms. The van der Waals surface area contributed by atoms with Gasteiger partial charge in [-0.2, -0.15) is 0 Å². The molecule has 0 amide bonds. The van der Waals surface area contributed by atoms with Gasteiger partial charge in [0.1, 0.15) is 17.5 Å². The molecule has 0 fully saturated rings. The highest BCUT2D eigenvalue weighted by Crippen LogP contribution is 2.27. The molecule has 0 aliphatic rings. The van der Waals surface area contributed by atoms with Crippen LogP contribution in [0.3, 0.4) is 0 Å². The van der Waals surface area contributed by atoms with Crippen molar-refractivity contribution in [2.75, 3.05) is 6.54 Å². The normalized spacial score (nSPS) is 12.4. The zero-order valence-corrected chi connectivity index (χ0v) is 12.1. The lowest BCUT2D eigenvalue weighted by molar-refractivity contribution is 0.529. The summed E-state index contributed by atoms with van der Waals surface area (Å²) in [4.78, 5) is 0. The third-order valence-corrected chi connectivity index (χ3v) is 3.37. The molecule has 1 nitrogen and oxygen atoms in total. The standard InChI is InChI=1S/C17H18F3N/c1-3-7-21-17(12-5-4-6-13(18)9-12)14-10-15(19)11(2)8-16(14)20/h4-6,8-10,17,21H,3,7H2,1-2H3. The number of benzene rings is 2. The van der Waals surface area contributed by atoms with Crippen LogP contribution in [0.25, 0.3) is 0 Å². The Bertz CT molecular complexity index is 625. The summed E-state index contributed by atoms with van der Waals surface area (Å²) >= 11 is 0. The second kappa shape index (κ2) is 6.76. The Kier molecular flexibility index (Phi) is 5.02. The van der Waals surface area contributed by atoms with Crippen molar-refractivity contribution in [3.63, 3.8) is 0 Å². The van der Waals surface area contributed by atoms with Crippen molar-refractivity contribution in [3.05, 3.63) is 70.5 Å². The summed E-state index contributed by atoms with van der Waals surface area (Å²) in [6, 6.07) is 7.71. The molecule has 2 aromatic carbocycles. The molecule has 0 aliphatic carbocycles. The van der Waals surface area contributed by atoms with E-state index in [2.05, 4.69) is 5.32 Å². The third-order valence-electron chi connectivity index (χ3n) is 3.37. The molecule has 0 radical (unpaired) electrons. The number of nitrogens with one attached hydrogen (secondary N) is 1. The zero-order chi connectivity index (χ0) is 15.4. The predicted octanol–water partition coefficient (Wildman–Crippen LogP) is 4.50. The van der Waals surface area contributed by atoms with Gasteiger partial charge in [-0.1, -0.05) is 19.1 Å². The molecule has 1 atom stereocenters. The molecule has 0 heterocycles. The van der Waals surface area contributed by atoms with Crippen molar-refractivity contribution in [2.24, 2.45) is 0 Å². The van der Waals surface area contributed by atoms with Crippen LogP contribution in [0.5, 0.6) is 0 Å². The molecule has 0 bridgehead atoms. The van der Waals surface area contributed by atoms with Crippen molar-refractivity contribution >= 4 is 0 Å². The van der Waals surface area contributed by atoms with E-state index in [1.807, 2.05) is 6.92 Å². The summed E-state index contributed by atoms with van der Waals surface area (Å²) in [7, 11) is 0. The molecular weight excluding hydrogens is 275 g/mol. The van der Waals surface area contributed by atoms with Crippen LogP contribution in [-0.2, 0) is 0 Å². The van der Waals surface area contributed by atoms with Gasteiger partial charge in [0.05, 0.1) is 6.04 Å². The third kappa shape index (κ3) is 3.64. The van der Waals surface area contributed by atoms with Gasteiger partial charge in [-0.25, -0.2) is 13.2 Å². The van der Waals surface area contributed by atoms with E-state index in [0.717, 1.165) is 6.42 Å². The first kappa shape index (κ1) is 15.6. The Morgan fingerprint density at radius 1 is 1.05 bits per heavy atom. The van der Waals surface area contributed by atoms with Gasteiger partial charge < -0.3 is 5.32 Å². The van der Waals surface area contributed by atoms with Gasteiger partial charge in [0.15, 0.2) is 0 Å². The minimum atomic E-state index is -0.573. The molecule has 0 aromatic heterocycles. The Balaban J connectivity index is 2.47. The Labute approximate surface area is 122 Å². The summed E-state index contributed by atoms with van der Waals surface area (Å²) in [5.41, 5.74) is 1.02. The Hall–Kier alpha value is -1.81. The van der Waals surface area contributed by atoms with Gasteiger partial charge in [0.25, 0.3) is 0 Å². The van der Waals surface area contributed by atoms with Crippen molar-refractivity contribution < 1.29 is 13.2 Å². The SMILES string of the molecule is CCCNC(c1cccc(F)c1)c1cc(F)c(C)cc1F. The number of hydrogen-bond donors (Lipinski definition) is 1. The molecule has 21 heavy (non-hydrogen) atoms. The van der Waals surface area contributed by atoms with Crippen molar-refractivity contribution in [2.45, 2.75) is 26.3 Å². The van der Waals surface area contributed by atoms with Gasteiger partial charge in [-0.15, -0.1) is 0 Å². The second-order valence-electron chi connectivity index (χ2n) is 5.07. The number of rotatable bonds is 5. The average Bonchev–Trinajstić information content (AvgIpc) is 2.44. The quantitative estimate of drug-likeness (QED) is 0.855. The Morgan fingerprint density at radius 3 is 2.48 bits per heavy atom. The Morgan fingerprint density at radius 2 is 1.81 bits per heavy atom. The molecule has 0 spiro atoms. The van der Waals surface area contributed by atoms with Crippen LogP contribution in [-0.4, -0.2) is 6.54 Å². The van der Waals surface area contributed by atoms with Crippen LogP contribution in [0, 0.1) is 24.4 Å². The van der Waals surface area contributed by atoms with Gasteiger partial charge in [-0.3, -0.25) is 0 Å². The maximum atomic E-state index is 14.2. The van der Waals surface area contributed by atoms with E-state index in [0.29, 0.717) is 12.1 Å². The largest absolute Gasteiger partial charge is 0.306 e. The first-order chi connectivity index (χ1) is 10.0. The second-order valence-corrected chi connectivity index (χ2v) is 5.07. The van der Waals surface area contributed by atoms with Crippen LogP contribution in [0.4, 0.5) is 13.2 Å². The first-order valence-corrected chi connectivity index (χ1v) is 6.97. The minimum Gasteiger partial charge on any atom is -0.306 e. The fourth-order valence-corrected chi connectivity index (χ4v) is 2.27. The lowest BCUT2D eigenvalue weighted by Crippen LogP contribution is -2.24.